The molecule has 2 heterocycles. The Morgan fingerprint density at radius 1 is 1.05 bits per heavy atom. The van der Waals surface area contributed by atoms with Crippen molar-refractivity contribution in [2.45, 2.75) is 12.8 Å². The van der Waals surface area contributed by atoms with E-state index in [1.165, 1.54) is 51.7 Å². The number of benzene rings is 2. The van der Waals surface area contributed by atoms with Crippen LogP contribution in [0.4, 0.5) is 17.2 Å². The number of rotatable bonds is 6. The number of aromatic nitrogens is 1. The lowest BCUT2D eigenvalue weighted by Gasteiger charge is -2.37. The molecule has 4 rings (SSSR count). The van der Waals surface area contributed by atoms with Crippen molar-refractivity contribution in [2.24, 2.45) is 12.8 Å². The summed E-state index contributed by atoms with van der Waals surface area (Å²) in [6.07, 6.45) is 0. The quantitative estimate of drug-likeness (QED) is 0.394. The summed E-state index contributed by atoms with van der Waals surface area (Å²) in [5.41, 5.74) is 8.32. The number of allylic oxidation sites excluding steroid dienone is 1. The highest BCUT2D eigenvalue weighted by Gasteiger charge is 2.38. The van der Waals surface area contributed by atoms with Gasteiger partial charge in [-0.05, 0) is 36.8 Å². The fraction of sp³-hybridized carbons (Fsp3) is 0.231. The van der Waals surface area contributed by atoms with Gasteiger partial charge < -0.3 is 24.5 Å². The highest BCUT2D eigenvalue weighted by molar-refractivity contribution is 5.76. The van der Waals surface area contributed by atoms with Crippen LogP contribution in [0.2, 0.25) is 0 Å². The van der Waals surface area contributed by atoms with E-state index in [9.17, 15) is 20.2 Å². The summed E-state index contributed by atoms with van der Waals surface area (Å²) in [7, 11) is 6.21. The van der Waals surface area contributed by atoms with Crippen LogP contribution in [-0.4, -0.2) is 30.8 Å². The second-order valence-electron chi connectivity index (χ2n) is 8.36. The third-order valence-corrected chi connectivity index (χ3v) is 6.46. The number of anilines is 2. The van der Waals surface area contributed by atoms with Gasteiger partial charge in [-0.3, -0.25) is 19.8 Å². The molecule has 1 aliphatic heterocycles. The van der Waals surface area contributed by atoms with E-state index in [1.807, 2.05) is 0 Å². The number of pyridine rings is 1. The first kappa shape index (κ1) is 25.1. The number of nitrogens with two attached hydrogens (primary N) is 1. The molecule has 11 nitrogen and oxygen atoms in total. The summed E-state index contributed by atoms with van der Waals surface area (Å²) in [6.45, 7) is 1.78. The van der Waals surface area contributed by atoms with Crippen molar-refractivity contribution in [3.8, 4) is 23.3 Å². The minimum Gasteiger partial charge on any atom is -0.493 e. The Bertz CT molecular complexity index is 1510. The molecule has 0 saturated carbocycles. The molecule has 0 saturated heterocycles. The zero-order chi connectivity index (χ0) is 27.0. The number of nitrogens with zero attached hydrogens (tertiary/aromatic N) is 4. The molecule has 2 aromatic carbocycles. The van der Waals surface area contributed by atoms with Gasteiger partial charge in [-0.1, -0.05) is 0 Å². The number of fused-ring (bicyclic) bond motifs is 1. The lowest BCUT2D eigenvalue weighted by atomic mass is 9.82. The largest absolute Gasteiger partial charge is 0.493 e. The van der Waals surface area contributed by atoms with E-state index in [0.29, 0.717) is 45.6 Å². The highest BCUT2D eigenvalue weighted by atomic mass is 16.6. The number of hydrogen-bond donors (Lipinski definition) is 1. The number of hydrogen-bond acceptors (Lipinski definition) is 9. The molecule has 0 amide bonds. The number of non-ortho nitro benzene ring substituents is 1. The second kappa shape index (κ2) is 9.58. The van der Waals surface area contributed by atoms with Crippen molar-refractivity contribution in [2.75, 3.05) is 26.2 Å². The predicted octanol–water partition coefficient (Wildman–Crippen LogP) is 3.61. The molecule has 0 bridgehead atoms. The number of methoxy groups -OCH3 is 3. The van der Waals surface area contributed by atoms with Crippen LogP contribution in [0.1, 0.15) is 22.7 Å². The smallest absolute Gasteiger partial charge is 0.269 e. The third kappa shape index (κ3) is 3.98. The van der Waals surface area contributed by atoms with Gasteiger partial charge >= 0.3 is 0 Å². The van der Waals surface area contributed by atoms with Gasteiger partial charge in [-0.15, -0.1) is 0 Å². The monoisotopic (exact) mass is 503 g/mol. The lowest BCUT2D eigenvalue weighted by Crippen LogP contribution is -2.37. The van der Waals surface area contributed by atoms with Gasteiger partial charge in [-0.2, -0.15) is 5.26 Å². The van der Waals surface area contributed by atoms with Crippen LogP contribution in [0.15, 0.2) is 58.7 Å². The van der Waals surface area contributed by atoms with Crippen molar-refractivity contribution < 1.29 is 19.1 Å². The summed E-state index contributed by atoms with van der Waals surface area (Å²) in [5.74, 6) is 0.760. The van der Waals surface area contributed by atoms with Crippen molar-refractivity contribution >= 4 is 17.2 Å². The number of nitro groups is 1. The maximum Gasteiger partial charge on any atom is 0.269 e. The maximum absolute atomic E-state index is 13.6. The SMILES string of the molecule is COc1cc(C2C(C#N)=C(N)N(c3ccc([N+](=O)[O-])cc3)c3c2c(=O)cc(C)n3C)cc(OC)c1OC. The highest BCUT2D eigenvalue weighted by Crippen LogP contribution is 2.48. The predicted molar refractivity (Wildman–Crippen MR) is 136 cm³/mol. The van der Waals surface area contributed by atoms with Crippen molar-refractivity contribution in [3.05, 3.63) is 91.0 Å². The Morgan fingerprint density at radius 3 is 2.14 bits per heavy atom. The standard InChI is InChI=1S/C26H25N5O6/c1-14-10-19(32)23-22(15-11-20(35-3)24(37-5)21(12-15)36-4)18(13-27)25(28)30(26(23)29(14)2)16-6-8-17(9-7-16)31(33)34/h6-12,22H,28H2,1-5H3. The molecular formula is C26H25N5O6. The minimum absolute atomic E-state index is 0.0863. The van der Waals surface area contributed by atoms with Gasteiger partial charge in [-0.25, -0.2) is 0 Å². The van der Waals surface area contributed by atoms with Gasteiger partial charge in [0.25, 0.3) is 5.69 Å². The van der Waals surface area contributed by atoms with E-state index >= 15 is 0 Å². The van der Waals surface area contributed by atoms with Crippen LogP contribution < -0.4 is 30.3 Å². The molecule has 0 aliphatic carbocycles. The summed E-state index contributed by atoms with van der Waals surface area (Å²) in [6, 6.07) is 12.8. The Hall–Kier alpha value is -4.98. The van der Waals surface area contributed by atoms with Gasteiger partial charge in [0.1, 0.15) is 11.6 Å². The first-order valence-electron chi connectivity index (χ1n) is 11.1. The molecule has 0 fully saturated rings. The van der Waals surface area contributed by atoms with Gasteiger partial charge in [0.05, 0.1) is 49.4 Å². The molecule has 1 aromatic heterocycles. The molecule has 11 heteroatoms. The van der Waals surface area contributed by atoms with Crippen molar-refractivity contribution in [1.82, 2.24) is 4.57 Å². The Kier molecular flexibility index (Phi) is 6.50. The lowest BCUT2D eigenvalue weighted by molar-refractivity contribution is -0.384. The molecule has 1 aliphatic rings. The molecule has 1 atom stereocenters. The van der Waals surface area contributed by atoms with E-state index in [4.69, 9.17) is 19.9 Å². The normalized spacial score (nSPS) is 14.6. The molecule has 37 heavy (non-hydrogen) atoms. The fourth-order valence-electron chi connectivity index (χ4n) is 4.60. The summed E-state index contributed by atoms with van der Waals surface area (Å²) in [4.78, 5) is 25.8. The second-order valence-corrected chi connectivity index (χ2v) is 8.36. The Balaban J connectivity index is 2.08. The van der Waals surface area contributed by atoms with E-state index in [0.717, 1.165) is 0 Å². The average molecular weight is 504 g/mol. The number of nitriles is 1. The average Bonchev–Trinajstić information content (AvgIpc) is 2.90. The third-order valence-electron chi connectivity index (χ3n) is 6.46. The molecule has 0 radical (unpaired) electrons. The van der Waals surface area contributed by atoms with Crippen molar-refractivity contribution in [1.29, 1.82) is 5.26 Å². The Labute approximate surface area is 212 Å². The van der Waals surface area contributed by atoms with Crippen LogP contribution in [0.3, 0.4) is 0 Å². The molecule has 190 valence electrons. The topological polar surface area (TPSA) is 146 Å². The first-order valence-corrected chi connectivity index (χ1v) is 11.1. The van der Waals surface area contributed by atoms with Crippen LogP contribution >= 0.6 is 0 Å². The maximum atomic E-state index is 13.6. The number of ether oxygens (including phenoxy) is 3. The number of aryl methyl sites for hydroxylation is 1. The summed E-state index contributed by atoms with van der Waals surface area (Å²) in [5, 5.41) is 21.5. The zero-order valence-electron chi connectivity index (χ0n) is 20.9. The van der Waals surface area contributed by atoms with Gasteiger partial charge in [0, 0.05) is 36.6 Å². The Morgan fingerprint density at radius 2 is 1.65 bits per heavy atom. The molecule has 2 N–H and O–H groups in total. The summed E-state index contributed by atoms with van der Waals surface area (Å²) >= 11 is 0. The van der Waals surface area contributed by atoms with Crippen molar-refractivity contribution in [3.63, 3.8) is 0 Å². The first-order chi connectivity index (χ1) is 17.7. The fourth-order valence-corrected chi connectivity index (χ4v) is 4.60. The van der Waals surface area contributed by atoms with Gasteiger partial charge in [0.15, 0.2) is 16.9 Å². The van der Waals surface area contributed by atoms with Gasteiger partial charge in [0.2, 0.25) is 5.75 Å². The molecule has 1 unspecified atom stereocenters. The number of nitro benzene ring substituents is 1. The molecule has 3 aromatic rings. The van der Waals surface area contributed by atoms with E-state index in [1.54, 1.807) is 35.6 Å². The van der Waals surface area contributed by atoms with E-state index in [2.05, 4.69) is 6.07 Å². The van der Waals surface area contributed by atoms with Crippen LogP contribution in [0.5, 0.6) is 17.2 Å². The summed E-state index contributed by atoms with van der Waals surface area (Å²) < 4.78 is 18.2. The van der Waals surface area contributed by atoms with Crippen LogP contribution in [0.25, 0.3) is 0 Å². The molecule has 0 spiro atoms. The zero-order valence-corrected chi connectivity index (χ0v) is 20.9. The van der Waals surface area contributed by atoms with Crippen LogP contribution in [-0.2, 0) is 7.05 Å². The van der Waals surface area contributed by atoms with Crippen LogP contribution in [0, 0.1) is 28.4 Å². The van der Waals surface area contributed by atoms with E-state index in [-0.39, 0.29) is 22.5 Å². The van der Waals surface area contributed by atoms with E-state index < -0.39 is 10.8 Å². The molecular weight excluding hydrogens is 478 g/mol. The minimum atomic E-state index is -0.845.